The maximum absolute atomic E-state index is 6.42. The molecule has 0 bridgehead atoms. The summed E-state index contributed by atoms with van der Waals surface area (Å²) in [5, 5.41) is 0. The van der Waals surface area contributed by atoms with Crippen LogP contribution in [0.15, 0.2) is 22.8 Å². The third-order valence-corrected chi connectivity index (χ3v) is 4.96. The first-order chi connectivity index (χ1) is 9.27. The Labute approximate surface area is 115 Å². The molecule has 1 saturated heterocycles. The van der Waals surface area contributed by atoms with Crippen molar-refractivity contribution >= 4 is 0 Å². The lowest BCUT2D eigenvalue weighted by Crippen LogP contribution is -2.43. The highest BCUT2D eigenvalue weighted by atomic mass is 16.5. The van der Waals surface area contributed by atoms with Crippen LogP contribution in [-0.2, 0) is 11.2 Å². The maximum Gasteiger partial charge on any atom is 0.103 e. The average Bonchev–Trinajstić information content (AvgIpc) is 3.08. The van der Waals surface area contributed by atoms with E-state index in [-0.39, 0.29) is 11.6 Å². The number of furan rings is 1. The smallest absolute Gasteiger partial charge is 0.103 e. The molecule has 2 atom stereocenters. The van der Waals surface area contributed by atoms with Crippen LogP contribution >= 0.6 is 0 Å². The van der Waals surface area contributed by atoms with Crippen molar-refractivity contribution in [1.82, 2.24) is 0 Å². The largest absolute Gasteiger partial charge is 0.469 e. The van der Waals surface area contributed by atoms with Crippen molar-refractivity contribution < 1.29 is 9.15 Å². The van der Waals surface area contributed by atoms with Crippen molar-refractivity contribution in [2.45, 2.75) is 63.0 Å². The second-order valence-corrected chi connectivity index (χ2v) is 6.27. The zero-order chi connectivity index (χ0) is 13.1. The highest BCUT2D eigenvalue weighted by Crippen LogP contribution is 2.42. The first-order valence-corrected chi connectivity index (χ1v) is 7.69. The van der Waals surface area contributed by atoms with Crippen molar-refractivity contribution in [1.29, 1.82) is 0 Å². The van der Waals surface area contributed by atoms with E-state index in [1.54, 1.807) is 6.26 Å². The molecule has 0 aromatic carbocycles. The molecule has 2 aliphatic rings. The van der Waals surface area contributed by atoms with E-state index in [9.17, 15) is 0 Å². The summed E-state index contributed by atoms with van der Waals surface area (Å²) in [6.07, 6.45) is 11.2. The molecule has 2 fully saturated rings. The fourth-order valence-corrected chi connectivity index (χ4v) is 3.80. The average molecular weight is 263 g/mol. The molecule has 0 radical (unpaired) electrons. The Morgan fingerprint density at radius 3 is 2.95 bits per heavy atom. The molecule has 1 spiro atoms. The van der Waals surface area contributed by atoms with E-state index in [1.165, 1.54) is 32.1 Å². The Bertz CT molecular complexity index is 381. The van der Waals surface area contributed by atoms with Gasteiger partial charge in [0.05, 0.1) is 11.9 Å². The van der Waals surface area contributed by atoms with E-state index in [0.29, 0.717) is 5.92 Å². The van der Waals surface area contributed by atoms with E-state index in [0.717, 1.165) is 31.6 Å². The number of hydrogen-bond acceptors (Lipinski definition) is 3. The minimum atomic E-state index is 0.186. The Morgan fingerprint density at radius 2 is 2.21 bits per heavy atom. The maximum atomic E-state index is 6.42. The lowest BCUT2D eigenvalue weighted by molar-refractivity contribution is -0.0964. The van der Waals surface area contributed by atoms with Crippen LogP contribution in [0.25, 0.3) is 0 Å². The minimum Gasteiger partial charge on any atom is -0.469 e. The Morgan fingerprint density at radius 1 is 1.37 bits per heavy atom. The van der Waals surface area contributed by atoms with Gasteiger partial charge in [0, 0.05) is 19.1 Å². The molecule has 2 N–H and O–H groups in total. The highest BCUT2D eigenvalue weighted by Gasteiger charge is 2.41. The predicted octanol–water partition coefficient (Wildman–Crippen LogP) is 3.28. The Kier molecular flexibility index (Phi) is 3.94. The summed E-state index contributed by atoms with van der Waals surface area (Å²) in [6, 6.07) is 4.27. The van der Waals surface area contributed by atoms with Gasteiger partial charge in [-0.25, -0.2) is 0 Å². The van der Waals surface area contributed by atoms with Gasteiger partial charge in [0.2, 0.25) is 0 Å². The third kappa shape index (κ3) is 3.03. The summed E-state index contributed by atoms with van der Waals surface area (Å²) in [5.41, 5.74) is 6.60. The molecule has 106 valence electrons. The summed E-state index contributed by atoms with van der Waals surface area (Å²) in [4.78, 5) is 0. The van der Waals surface area contributed by atoms with Crippen molar-refractivity contribution in [3.63, 3.8) is 0 Å². The van der Waals surface area contributed by atoms with Gasteiger partial charge in [0.25, 0.3) is 0 Å². The topological polar surface area (TPSA) is 48.4 Å². The monoisotopic (exact) mass is 263 g/mol. The standard InChI is InChI=1S/C16H25NO2/c17-15(6-5-14-4-3-10-18-14)13-7-11-19-16(12-13)8-1-2-9-16/h3-4,10,13,15H,1-2,5-9,11-12,17H2. The first-order valence-electron chi connectivity index (χ1n) is 7.69. The zero-order valence-corrected chi connectivity index (χ0v) is 11.6. The van der Waals surface area contributed by atoms with Gasteiger partial charge < -0.3 is 14.9 Å². The van der Waals surface area contributed by atoms with E-state index < -0.39 is 0 Å². The number of ether oxygens (including phenoxy) is 1. The van der Waals surface area contributed by atoms with E-state index in [4.69, 9.17) is 14.9 Å². The normalized spacial score (nSPS) is 27.7. The van der Waals surface area contributed by atoms with Crippen molar-refractivity contribution in [2.24, 2.45) is 11.7 Å². The molecular formula is C16H25NO2. The molecule has 2 heterocycles. The highest BCUT2D eigenvalue weighted by molar-refractivity contribution is 4.99. The summed E-state index contributed by atoms with van der Waals surface area (Å²) in [7, 11) is 0. The molecule has 1 aromatic heterocycles. The molecule has 19 heavy (non-hydrogen) atoms. The Balaban J connectivity index is 1.52. The number of nitrogens with two attached hydrogens (primary N) is 1. The molecule has 3 rings (SSSR count). The second-order valence-electron chi connectivity index (χ2n) is 6.27. The van der Waals surface area contributed by atoms with E-state index >= 15 is 0 Å². The number of rotatable bonds is 4. The molecule has 3 heteroatoms. The van der Waals surface area contributed by atoms with Gasteiger partial charge in [0.15, 0.2) is 0 Å². The molecular weight excluding hydrogens is 238 g/mol. The summed E-state index contributed by atoms with van der Waals surface area (Å²) in [6.45, 7) is 0.902. The molecule has 1 saturated carbocycles. The minimum absolute atomic E-state index is 0.186. The van der Waals surface area contributed by atoms with Crippen LogP contribution in [0.5, 0.6) is 0 Å². The van der Waals surface area contributed by atoms with Gasteiger partial charge in [-0.1, -0.05) is 12.8 Å². The van der Waals surface area contributed by atoms with Gasteiger partial charge in [-0.2, -0.15) is 0 Å². The third-order valence-electron chi connectivity index (χ3n) is 4.96. The van der Waals surface area contributed by atoms with Gasteiger partial charge in [-0.15, -0.1) is 0 Å². The van der Waals surface area contributed by atoms with E-state index in [2.05, 4.69) is 0 Å². The van der Waals surface area contributed by atoms with Gasteiger partial charge >= 0.3 is 0 Å². The molecule has 1 aromatic rings. The molecule has 3 nitrogen and oxygen atoms in total. The molecule has 1 aliphatic heterocycles. The van der Waals surface area contributed by atoms with Crippen molar-refractivity contribution in [2.75, 3.05) is 6.61 Å². The summed E-state index contributed by atoms with van der Waals surface area (Å²) >= 11 is 0. The van der Waals surface area contributed by atoms with Gasteiger partial charge in [-0.3, -0.25) is 0 Å². The van der Waals surface area contributed by atoms with Gasteiger partial charge in [0.1, 0.15) is 5.76 Å². The van der Waals surface area contributed by atoms with Crippen molar-refractivity contribution in [3.05, 3.63) is 24.2 Å². The Hall–Kier alpha value is -0.800. The van der Waals surface area contributed by atoms with Crippen LogP contribution < -0.4 is 5.73 Å². The predicted molar refractivity (Wildman–Crippen MR) is 74.9 cm³/mol. The second kappa shape index (κ2) is 5.68. The lowest BCUT2D eigenvalue weighted by atomic mass is 9.79. The molecule has 2 unspecified atom stereocenters. The van der Waals surface area contributed by atoms with Crippen LogP contribution in [0.4, 0.5) is 0 Å². The quantitative estimate of drug-likeness (QED) is 0.907. The number of aryl methyl sites for hydroxylation is 1. The molecule has 1 aliphatic carbocycles. The van der Waals surface area contributed by atoms with Crippen molar-refractivity contribution in [3.8, 4) is 0 Å². The fraction of sp³-hybridized carbons (Fsp3) is 0.750. The summed E-state index contributed by atoms with van der Waals surface area (Å²) in [5.74, 6) is 1.68. The van der Waals surface area contributed by atoms with Crippen LogP contribution in [0, 0.1) is 5.92 Å². The SMILES string of the molecule is NC(CCc1ccco1)C1CCOC2(CCCC2)C1. The van der Waals surface area contributed by atoms with Gasteiger partial charge in [-0.05, 0) is 50.2 Å². The van der Waals surface area contributed by atoms with E-state index in [1.807, 2.05) is 12.1 Å². The lowest BCUT2D eigenvalue weighted by Gasteiger charge is -2.40. The fourth-order valence-electron chi connectivity index (χ4n) is 3.80. The molecule has 0 amide bonds. The van der Waals surface area contributed by atoms with Crippen LogP contribution in [0.1, 0.15) is 50.7 Å². The van der Waals surface area contributed by atoms with Crippen LogP contribution in [-0.4, -0.2) is 18.2 Å². The van der Waals surface area contributed by atoms with Crippen LogP contribution in [0.2, 0.25) is 0 Å². The zero-order valence-electron chi connectivity index (χ0n) is 11.6. The number of hydrogen-bond donors (Lipinski definition) is 1. The summed E-state index contributed by atoms with van der Waals surface area (Å²) < 4.78 is 11.5. The van der Waals surface area contributed by atoms with Crippen LogP contribution in [0.3, 0.4) is 0 Å². The first kappa shape index (κ1) is 13.2.